The number of aliphatic hydroxyl groups is 1. The first-order valence-electron chi connectivity index (χ1n) is 7.62. The molecule has 0 amide bonds. The van der Waals surface area contributed by atoms with E-state index in [0.717, 1.165) is 31.2 Å². The van der Waals surface area contributed by atoms with Gasteiger partial charge in [-0.15, -0.1) is 0 Å². The molecule has 4 saturated carbocycles. The van der Waals surface area contributed by atoms with Crippen molar-refractivity contribution in [2.75, 3.05) is 0 Å². The second-order valence-corrected chi connectivity index (χ2v) is 8.26. The second kappa shape index (κ2) is 3.36. The number of carbonyl (C=O) groups is 1. The molecule has 2 heteroatoms. The first kappa shape index (κ1) is 12.6. The molecule has 0 aliphatic heterocycles. The maximum absolute atomic E-state index is 13.2. The zero-order valence-electron chi connectivity index (χ0n) is 12.3. The van der Waals surface area contributed by atoms with Crippen molar-refractivity contribution in [3.05, 3.63) is 35.9 Å². The third-order valence-electron chi connectivity index (χ3n) is 6.28. The maximum atomic E-state index is 13.2. The monoisotopic (exact) mass is 270 g/mol. The Morgan fingerprint density at radius 3 is 2.35 bits per heavy atom. The normalized spacial score (nSPS) is 48.8. The molecule has 4 unspecified atom stereocenters. The van der Waals surface area contributed by atoms with E-state index >= 15 is 0 Å². The van der Waals surface area contributed by atoms with Gasteiger partial charge in [0.2, 0.25) is 0 Å². The number of rotatable bonds is 2. The van der Waals surface area contributed by atoms with Gasteiger partial charge in [0.1, 0.15) is 0 Å². The number of hydrogen-bond donors (Lipinski definition) is 1. The zero-order valence-corrected chi connectivity index (χ0v) is 12.3. The van der Waals surface area contributed by atoms with Crippen molar-refractivity contribution in [2.45, 2.75) is 51.6 Å². The van der Waals surface area contributed by atoms with Gasteiger partial charge in [0.15, 0.2) is 5.78 Å². The standard InChI is InChI=1S/C18H22O2/c1-15-8-16(2)11-17(20,9-15)12-18(16,10-15)14(19)13-6-4-3-5-7-13/h3-7,20H,8-12H2,1-2H3. The van der Waals surface area contributed by atoms with Gasteiger partial charge in [-0.25, -0.2) is 0 Å². The molecule has 4 bridgehead atoms. The molecule has 106 valence electrons. The Morgan fingerprint density at radius 2 is 1.70 bits per heavy atom. The molecule has 5 rings (SSSR count). The Bertz CT molecular complexity index is 571. The summed E-state index contributed by atoms with van der Waals surface area (Å²) in [6, 6.07) is 9.66. The largest absolute Gasteiger partial charge is 0.390 e. The average molecular weight is 270 g/mol. The minimum absolute atomic E-state index is 0.0261. The Hall–Kier alpha value is -1.15. The number of benzene rings is 1. The van der Waals surface area contributed by atoms with Crippen LogP contribution in [-0.2, 0) is 0 Å². The third-order valence-corrected chi connectivity index (χ3v) is 6.28. The summed E-state index contributed by atoms with van der Waals surface area (Å²) in [6.07, 6.45) is 4.38. The van der Waals surface area contributed by atoms with E-state index in [1.165, 1.54) is 0 Å². The quantitative estimate of drug-likeness (QED) is 0.834. The molecule has 0 aromatic heterocycles. The highest BCUT2D eigenvalue weighted by Gasteiger charge is 2.75. The molecule has 4 fully saturated rings. The van der Waals surface area contributed by atoms with Gasteiger partial charge in [0.05, 0.1) is 5.60 Å². The molecule has 1 aromatic carbocycles. The van der Waals surface area contributed by atoms with E-state index in [1.807, 2.05) is 30.3 Å². The van der Waals surface area contributed by atoms with E-state index in [9.17, 15) is 9.90 Å². The Labute approximate surface area is 120 Å². The molecule has 1 aromatic rings. The highest BCUT2D eigenvalue weighted by molar-refractivity contribution is 6.02. The van der Waals surface area contributed by atoms with Crippen molar-refractivity contribution >= 4 is 5.78 Å². The van der Waals surface area contributed by atoms with Gasteiger partial charge in [-0.3, -0.25) is 4.79 Å². The molecule has 1 N–H and O–H groups in total. The lowest BCUT2D eigenvalue weighted by molar-refractivity contribution is -0.0530. The maximum Gasteiger partial charge on any atom is 0.169 e. The summed E-state index contributed by atoms with van der Waals surface area (Å²) in [5.74, 6) is 0.264. The first-order chi connectivity index (χ1) is 9.30. The van der Waals surface area contributed by atoms with Crippen molar-refractivity contribution in [1.82, 2.24) is 0 Å². The zero-order chi connectivity index (χ0) is 14.2. The summed E-state index contributed by atoms with van der Waals surface area (Å²) < 4.78 is 0. The van der Waals surface area contributed by atoms with Crippen LogP contribution in [0, 0.1) is 16.2 Å². The van der Waals surface area contributed by atoms with Crippen molar-refractivity contribution in [3.8, 4) is 0 Å². The molecular formula is C18H22O2. The SMILES string of the molecule is CC12CC3(O)CC(C)(C1)C(C(=O)c1ccccc1)(C2)C3. The Balaban J connectivity index is 1.84. The van der Waals surface area contributed by atoms with E-state index in [-0.39, 0.29) is 22.0 Å². The van der Waals surface area contributed by atoms with Crippen LogP contribution in [0.5, 0.6) is 0 Å². The van der Waals surface area contributed by atoms with Crippen LogP contribution in [0.15, 0.2) is 30.3 Å². The number of ketones is 1. The summed E-state index contributed by atoms with van der Waals surface area (Å²) in [6.45, 7) is 4.49. The molecule has 2 nitrogen and oxygen atoms in total. The van der Waals surface area contributed by atoms with Gasteiger partial charge in [0.25, 0.3) is 0 Å². The molecule has 4 atom stereocenters. The highest BCUT2D eigenvalue weighted by Crippen LogP contribution is 2.77. The van der Waals surface area contributed by atoms with Gasteiger partial charge in [0, 0.05) is 11.0 Å². The number of carbonyl (C=O) groups excluding carboxylic acids is 1. The van der Waals surface area contributed by atoms with Crippen LogP contribution < -0.4 is 0 Å². The topological polar surface area (TPSA) is 37.3 Å². The first-order valence-corrected chi connectivity index (χ1v) is 7.62. The lowest BCUT2D eigenvalue weighted by atomic mass is 9.64. The van der Waals surface area contributed by atoms with E-state index in [4.69, 9.17) is 0 Å². The van der Waals surface area contributed by atoms with E-state index in [1.54, 1.807) is 0 Å². The van der Waals surface area contributed by atoms with Gasteiger partial charge < -0.3 is 5.11 Å². The Morgan fingerprint density at radius 1 is 1.00 bits per heavy atom. The fourth-order valence-electron chi connectivity index (χ4n) is 6.32. The minimum Gasteiger partial charge on any atom is -0.390 e. The highest BCUT2D eigenvalue weighted by atomic mass is 16.3. The fourth-order valence-corrected chi connectivity index (χ4v) is 6.32. The average Bonchev–Trinajstić information content (AvgIpc) is 2.62. The van der Waals surface area contributed by atoms with Gasteiger partial charge in [-0.2, -0.15) is 0 Å². The van der Waals surface area contributed by atoms with Crippen LogP contribution in [0.3, 0.4) is 0 Å². The van der Waals surface area contributed by atoms with Crippen molar-refractivity contribution in [3.63, 3.8) is 0 Å². The van der Waals surface area contributed by atoms with Gasteiger partial charge in [-0.1, -0.05) is 44.2 Å². The molecule has 0 saturated heterocycles. The molecule has 0 radical (unpaired) electrons. The summed E-state index contributed by atoms with van der Waals surface area (Å²) in [5, 5.41) is 10.9. The van der Waals surface area contributed by atoms with Crippen LogP contribution in [-0.4, -0.2) is 16.5 Å². The number of hydrogen-bond acceptors (Lipinski definition) is 2. The van der Waals surface area contributed by atoms with E-state index in [0.29, 0.717) is 6.42 Å². The summed E-state index contributed by atoms with van der Waals surface area (Å²) in [4.78, 5) is 13.2. The van der Waals surface area contributed by atoms with Gasteiger partial charge >= 0.3 is 0 Å². The molecule has 20 heavy (non-hydrogen) atoms. The van der Waals surface area contributed by atoms with Crippen LogP contribution in [0.25, 0.3) is 0 Å². The molecule has 4 aliphatic carbocycles. The third kappa shape index (κ3) is 1.36. The summed E-state index contributed by atoms with van der Waals surface area (Å²) in [7, 11) is 0. The lowest BCUT2D eigenvalue weighted by Gasteiger charge is -2.43. The van der Waals surface area contributed by atoms with Crippen LogP contribution in [0.2, 0.25) is 0 Å². The molecule has 0 spiro atoms. The van der Waals surface area contributed by atoms with Crippen molar-refractivity contribution in [1.29, 1.82) is 0 Å². The Kier molecular flexibility index (Phi) is 2.11. The predicted octanol–water partition coefficient (Wildman–Crippen LogP) is 3.59. The predicted molar refractivity (Wildman–Crippen MR) is 77.5 cm³/mol. The lowest BCUT2D eigenvalue weighted by Crippen LogP contribution is -2.42. The van der Waals surface area contributed by atoms with E-state index in [2.05, 4.69) is 13.8 Å². The van der Waals surface area contributed by atoms with Crippen molar-refractivity contribution in [2.24, 2.45) is 16.2 Å². The van der Waals surface area contributed by atoms with Crippen LogP contribution >= 0.6 is 0 Å². The molecule has 0 heterocycles. The second-order valence-electron chi connectivity index (χ2n) is 8.26. The van der Waals surface area contributed by atoms with Crippen molar-refractivity contribution < 1.29 is 9.90 Å². The number of Topliss-reactive ketones (excluding diaryl/α,β-unsaturated/α-hetero) is 1. The molecular weight excluding hydrogens is 248 g/mol. The minimum atomic E-state index is -0.607. The van der Waals surface area contributed by atoms with Crippen LogP contribution in [0.1, 0.15) is 56.3 Å². The smallest absolute Gasteiger partial charge is 0.169 e. The van der Waals surface area contributed by atoms with E-state index < -0.39 is 5.60 Å². The van der Waals surface area contributed by atoms with Gasteiger partial charge in [-0.05, 0) is 42.9 Å². The molecule has 4 aliphatic rings. The van der Waals surface area contributed by atoms with Crippen LogP contribution in [0.4, 0.5) is 0 Å². The summed E-state index contributed by atoms with van der Waals surface area (Å²) in [5.41, 5.74) is -0.0127. The fraction of sp³-hybridized carbons (Fsp3) is 0.611. The summed E-state index contributed by atoms with van der Waals surface area (Å²) >= 11 is 0.